The topological polar surface area (TPSA) is 65.0 Å². The van der Waals surface area contributed by atoms with E-state index in [1.807, 2.05) is 67.7 Å². The Kier molecular flexibility index (Phi) is 3.76. The number of nitrogens with zero attached hydrogens (tertiary/aromatic N) is 3. The molecular weight excluding hydrogens is 352 g/mol. The number of hydrogen-bond acceptors (Lipinski definition) is 4. The summed E-state index contributed by atoms with van der Waals surface area (Å²) in [6, 6.07) is 21.4. The molecule has 0 saturated carbocycles. The van der Waals surface area contributed by atoms with Crippen LogP contribution in [0.3, 0.4) is 0 Å². The van der Waals surface area contributed by atoms with E-state index in [-0.39, 0.29) is 0 Å². The fraction of sp³-hybridized carbons (Fsp3) is 0.0909. The molecule has 2 aromatic heterocycles. The SMILES string of the molecule is COc1ccc(Oc2ccc3[nH]nc(-c4nc5ccccc5n4C)c3c2)cc1. The van der Waals surface area contributed by atoms with Crippen LogP contribution in [0.25, 0.3) is 33.5 Å². The van der Waals surface area contributed by atoms with Gasteiger partial charge in [-0.3, -0.25) is 5.10 Å². The Bertz CT molecular complexity index is 1290. The van der Waals surface area contributed by atoms with E-state index in [0.29, 0.717) is 0 Å². The molecule has 0 spiro atoms. The molecule has 0 aliphatic rings. The Morgan fingerprint density at radius 3 is 2.43 bits per heavy atom. The van der Waals surface area contributed by atoms with Crippen LogP contribution in [0.5, 0.6) is 17.2 Å². The number of aromatic nitrogens is 4. The highest BCUT2D eigenvalue weighted by Gasteiger charge is 2.16. The molecule has 28 heavy (non-hydrogen) atoms. The Morgan fingerprint density at radius 1 is 0.893 bits per heavy atom. The molecule has 138 valence electrons. The number of para-hydroxylation sites is 2. The van der Waals surface area contributed by atoms with Crippen molar-refractivity contribution in [1.29, 1.82) is 0 Å². The standard InChI is InChI=1S/C22H18N4O2/c1-26-20-6-4-3-5-19(20)23-22(26)21-17-13-16(11-12-18(17)24-25-21)28-15-9-7-14(27-2)8-10-15/h3-13H,1-2H3,(H,24,25). The number of ether oxygens (including phenoxy) is 2. The van der Waals surface area contributed by atoms with Gasteiger partial charge in [-0.15, -0.1) is 0 Å². The maximum atomic E-state index is 6.01. The first-order valence-corrected chi connectivity index (χ1v) is 8.95. The molecule has 0 unspecified atom stereocenters. The van der Waals surface area contributed by atoms with Gasteiger partial charge in [0.05, 0.1) is 23.7 Å². The van der Waals surface area contributed by atoms with Crippen molar-refractivity contribution in [3.05, 3.63) is 66.7 Å². The molecule has 0 aliphatic carbocycles. The van der Waals surface area contributed by atoms with E-state index in [1.165, 1.54) is 0 Å². The Balaban J connectivity index is 1.56. The number of aromatic amines is 1. The van der Waals surface area contributed by atoms with Crippen LogP contribution < -0.4 is 9.47 Å². The third-order valence-electron chi connectivity index (χ3n) is 4.83. The lowest BCUT2D eigenvalue weighted by Crippen LogP contribution is -1.93. The number of hydrogen-bond donors (Lipinski definition) is 1. The van der Waals surface area contributed by atoms with Crippen LogP contribution >= 0.6 is 0 Å². The van der Waals surface area contributed by atoms with Crippen LogP contribution in [0.2, 0.25) is 0 Å². The average molecular weight is 370 g/mol. The predicted octanol–water partition coefficient (Wildman–Crippen LogP) is 4.92. The smallest absolute Gasteiger partial charge is 0.162 e. The number of aryl methyl sites for hydroxylation is 1. The highest BCUT2D eigenvalue weighted by atomic mass is 16.5. The largest absolute Gasteiger partial charge is 0.497 e. The van der Waals surface area contributed by atoms with E-state index < -0.39 is 0 Å². The van der Waals surface area contributed by atoms with Crippen molar-refractivity contribution < 1.29 is 9.47 Å². The van der Waals surface area contributed by atoms with Crippen LogP contribution in [0, 0.1) is 0 Å². The fourth-order valence-corrected chi connectivity index (χ4v) is 3.36. The summed E-state index contributed by atoms with van der Waals surface area (Å²) in [5.41, 5.74) is 3.75. The highest BCUT2D eigenvalue weighted by molar-refractivity contribution is 5.94. The summed E-state index contributed by atoms with van der Waals surface area (Å²) in [4.78, 5) is 4.76. The first-order valence-electron chi connectivity index (χ1n) is 8.95. The van der Waals surface area contributed by atoms with Gasteiger partial charge in [-0.1, -0.05) is 12.1 Å². The molecule has 0 fully saturated rings. The monoisotopic (exact) mass is 370 g/mol. The van der Waals surface area contributed by atoms with Gasteiger partial charge in [0.25, 0.3) is 0 Å². The molecular formula is C22H18N4O2. The normalized spacial score (nSPS) is 11.2. The lowest BCUT2D eigenvalue weighted by atomic mass is 10.2. The minimum absolute atomic E-state index is 0.735. The van der Waals surface area contributed by atoms with E-state index in [1.54, 1.807) is 7.11 Å². The quantitative estimate of drug-likeness (QED) is 0.488. The van der Waals surface area contributed by atoms with Gasteiger partial charge >= 0.3 is 0 Å². The van der Waals surface area contributed by atoms with Crippen molar-refractivity contribution in [3.63, 3.8) is 0 Å². The summed E-state index contributed by atoms with van der Waals surface area (Å²) in [7, 11) is 3.65. The van der Waals surface area contributed by atoms with Gasteiger partial charge < -0.3 is 14.0 Å². The maximum absolute atomic E-state index is 6.01. The summed E-state index contributed by atoms with van der Waals surface area (Å²) in [6.07, 6.45) is 0. The van der Waals surface area contributed by atoms with Gasteiger partial charge in [-0.25, -0.2) is 4.98 Å². The van der Waals surface area contributed by atoms with Crippen LogP contribution in [-0.4, -0.2) is 26.9 Å². The molecule has 6 heteroatoms. The fourth-order valence-electron chi connectivity index (χ4n) is 3.36. The first kappa shape index (κ1) is 16.4. The number of fused-ring (bicyclic) bond motifs is 2. The van der Waals surface area contributed by atoms with Gasteiger partial charge in [0, 0.05) is 12.4 Å². The minimum atomic E-state index is 0.735. The second kappa shape index (κ2) is 6.42. The predicted molar refractivity (Wildman–Crippen MR) is 109 cm³/mol. The molecule has 0 bridgehead atoms. The Labute approximate surface area is 161 Å². The van der Waals surface area contributed by atoms with Crippen molar-refractivity contribution in [2.75, 3.05) is 7.11 Å². The minimum Gasteiger partial charge on any atom is -0.497 e. The molecule has 3 aromatic carbocycles. The summed E-state index contributed by atoms with van der Waals surface area (Å²) in [5, 5.41) is 8.56. The molecule has 1 N–H and O–H groups in total. The second-order valence-corrected chi connectivity index (χ2v) is 6.54. The lowest BCUT2D eigenvalue weighted by Gasteiger charge is -2.07. The summed E-state index contributed by atoms with van der Waals surface area (Å²) in [5.74, 6) is 3.09. The summed E-state index contributed by atoms with van der Waals surface area (Å²) >= 11 is 0. The van der Waals surface area contributed by atoms with Crippen LogP contribution in [0.4, 0.5) is 0 Å². The number of methoxy groups -OCH3 is 1. The van der Waals surface area contributed by atoms with Crippen LogP contribution in [0.15, 0.2) is 66.7 Å². The van der Waals surface area contributed by atoms with Gasteiger partial charge in [0.15, 0.2) is 5.82 Å². The van der Waals surface area contributed by atoms with Gasteiger partial charge in [-0.05, 0) is 54.6 Å². The summed E-state index contributed by atoms with van der Waals surface area (Å²) < 4.78 is 13.3. The number of benzene rings is 3. The lowest BCUT2D eigenvalue weighted by molar-refractivity contribution is 0.413. The van der Waals surface area contributed by atoms with Gasteiger partial charge in [-0.2, -0.15) is 5.10 Å². The van der Waals surface area contributed by atoms with E-state index in [4.69, 9.17) is 14.5 Å². The molecule has 5 rings (SSSR count). The molecule has 5 aromatic rings. The van der Waals surface area contributed by atoms with Gasteiger partial charge in [0.1, 0.15) is 22.9 Å². The zero-order valence-electron chi connectivity index (χ0n) is 15.5. The molecule has 0 atom stereocenters. The number of H-pyrrole nitrogens is 1. The zero-order valence-corrected chi connectivity index (χ0v) is 15.5. The number of rotatable bonds is 4. The maximum Gasteiger partial charge on any atom is 0.162 e. The number of imidazole rings is 1. The highest BCUT2D eigenvalue weighted by Crippen LogP contribution is 2.32. The third-order valence-corrected chi connectivity index (χ3v) is 4.83. The average Bonchev–Trinajstić information content (AvgIpc) is 3.29. The second-order valence-electron chi connectivity index (χ2n) is 6.54. The first-order chi connectivity index (χ1) is 13.7. The molecule has 0 aliphatic heterocycles. The van der Waals surface area contributed by atoms with Crippen molar-refractivity contribution in [2.45, 2.75) is 0 Å². The van der Waals surface area contributed by atoms with E-state index in [2.05, 4.69) is 20.8 Å². The number of nitrogens with one attached hydrogen (secondary N) is 1. The van der Waals surface area contributed by atoms with Crippen molar-refractivity contribution in [1.82, 2.24) is 19.7 Å². The molecule has 6 nitrogen and oxygen atoms in total. The third kappa shape index (κ3) is 2.66. The summed E-state index contributed by atoms with van der Waals surface area (Å²) in [6.45, 7) is 0. The molecule has 0 amide bonds. The Morgan fingerprint density at radius 2 is 1.64 bits per heavy atom. The van der Waals surface area contributed by atoms with Crippen LogP contribution in [0.1, 0.15) is 0 Å². The van der Waals surface area contributed by atoms with Crippen molar-refractivity contribution >= 4 is 21.9 Å². The van der Waals surface area contributed by atoms with Crippen molar-refractivity contribution in [3.8, 4) is 28.8 Å². The zero-order chi connectivity index (χ0) is 19.1. The van der Waals surface area contributed by atoms with Crippen LogP contribution in [-0.2, 0) is 7.05 Å². The molecule has 2 heterocycles. The molecule has 0 saturated heterocycles. The van der Waals surface area contributed by atoms with E-state index in [9.17, 15) is 0 Å². The Hall–Kier alpha value is -3.80. The molecule has 0 radical (unpaired) electrons. The van der Waals surface area contributed by atoms with E-state index in [0.717, 1.165) is 50.7 Å². The van der Waals surface area contributed by atoms with E-state index >= 15 is 0 Å². The van der Waals surface area contributed by atoms with Crippen molar-refractivity contribution in [2.24, 2.45) is 7.05 Å². The van der Waals surface area contributed by atoms with Gasteiger partial charge in [0.2, 0.25) is 0 Å².